The molecule has 0 bridgehead atoms. The van der Waals surface area contributed by atoms with Crippen LogP contribution >= 0.6 is 0 Å². The fourth-order valence-corrected chi connectivity index (χ4v) is 5.28. The molecule has 8 nitrogen and oxygen atoms in total. The summed E-state index contributed by atoms with van der Waals surface area (Å²) in [5.74, 6) is 1.000. The first-order chi connectivity index (χ1) is 14.6. The Bertz CT molecular complexity index is 1140. The predicted molar refractivity (Wildman–Crippen MR) is 109 cm³/mol. The zero-order valence-electron chi connectivity index (χ0n) is 16.2. The van der Waals surface area contributed by atoms with Gasteiger partial charge in [0.2, 0.25) is 0 Å². The minimum Gasteiger partial charge on any atom is -0.463 e. The van der Waals surface area contributed by atoms with Gasteiger partial charge in [-0.2, -0.15) is 5.10 Å². The number of aromatic nitrogens is 2. The number of para-hydroxylation sites is 1. The van der Waals surface area contributed by atoms with Gasteiger partial charge in [0, 0.05) is 30.8 Å². The van der Waals surface area contributed by atoms with Crippen LogP contribution in [0.2, 0.25) is 0 Å². The highest BCUT2D eigenvalue weighted by molar-refractivity contribution is 6.02. The van der Waals surface area contributed by atoms with Crippen molar-refractivity contribution in [3.05, 3.63) is 60.0 Å². The van der Waals surface area contributed by atoms with Gasteiger partial charge >= 0.3 is 0 Å². The third kappa shape index (κ3) is 2.49. The molecule has 2 aromatic heterocycles. The second-order valence-corrected chi connectivity index (χ2v) is 8.36. The highest BCUT2D eigenvalue weighted by Gasteiger charge is 2.55. The Hall–Kier alpha value is -3.55. The minimum absolute atomic E-state index is 0.0496. The number of carbonyl (C=O) groups excluding carboxylic acids is 2. The van der Waals surface area contributed by atoms with Gasteiger partial charge in [-0.25, -0.2) is 0 Å². The van der Waals surface area contributed by atoms with E-state index in [0.29, 0.717) is 41.7 Å². The van der Waals surface area contributed by atoms with Gasteiger partial charge in [-0.3, -0.25) is 14.7 Å². The first-order valence-electron chi connectivity index (χ1n) is 10.2. The van der Waals surface area contributed by atoms with E-state index >= 15 is 0 Å². The highest BCUT2D eigenvalue weighted by Crippen LogP contribution is 2.47. The number of aromatic amines is 1. The quantitative estimate of drug-likeness (QED) is 0.610. The van der Waals surface area contributed by atoms with Crippen LogP contribution in [0.5, 0.6) is 0 Å². The first-order valence-corrected chi connectivity index (χ1v) is 10.2. The van der Waals surface area contributed by atoms with Crippen molar-refractivity contribution in [3.63, 3.8) is 0 Å². The molecule has 8 heteroatoms. The molecule has 1 aromatic carbocycles. The van der Waals surface area contributed by atoms with E-state index in [1.165, 1.54) is 0 Å². The lowest BCUT2D eigenvalue weighted by atomic mass is 9.89. The van der Waals surface area contributed by atoms with Crippen molar-refractivity contribution in [2.24, 2.45) is 11.8 Å². The van der Waals surface area contributed by atoms with Crippen molar-refractivity contribution >= 4 is 17.5 Å². The van der Waals surface area contributed by atoms with Crippen LogP contribution in [0, 0.1) is 11.8 Å². The molecule has 3 N–H and O–H groups in total. The van der Waals surface area contributed by atoms with E-state index in [1.54, 1.807) is 18.4 Å². The molecule has 1 saturated heterocycles. The molecular formula is C22H21N5O3. The van der Waals surface area contributed by atoms with Gasteiger partial charge in [0.15, 0.2) is 5.76 Å². The summed E-state index contributed by atoms with van der Waals surface area (Å²) in [6.07, 6.45) is 3.40. The van der Waals surface area contributed by atoms with Gasteiger partial charge in [-0.05, 0) is 43.0 Å². The van der Waals surface area contributed by atoms with E-state index in [1.807, 2.05) is 35.2 Å². The molecule has 4 heterocycles. The summed E-state index contributed by atoms with van der Waals surface area (Å²) in [5.41, 5.74) is 2.08. The largest absolute Gasteiger partial charge is 0.463 e. The summed E-state index contributed by atoms with van der Waals surface area (Å²) in [7, 11) is 0. The summed E-state index contributed by atoms with van der Waals surface area (Å²) in [6.45, 7) is 1.27. The average Bonchev–Trinajstić information content (AvgIpc) is 3.54. The van der Waals surface area contributed by atoms with E-state index < -0.39 is 5.66 Å². The minimum atomic E-state index is -0.502. The van der Waals surface area contributed by atoms with Crippen LogP contribution in [0.15, 0.2) is 53.1 Å². The lowest BCUT2D eigenvalue weighted by Gasteiger charge is -2.41. The summed E-state index contributed by atoms with van der Waals surface area (Å²) in [6, 6.07) is 12.9. The summed E-state index contributed by atoms with van der Waals surface area (Å²) < 4.78 is 5.36. The van der Waals surface area contributed by atoms with E-state index in [-0.39, 0.29) is 17.7 Å². The number of nitrogens with one attached hydrogen (secondary N) is 3. The fourth-order valence-electron chi connectivity index (χ4n) is 5.28. The lowest BCUT2D eigenvalue weighted by Crippen LogP contribution is -2.61. The van der Waals surface area contributed by atoms with E-state index in [2.05, 4.69) is 20.8 Å². The Morgan fingerprint density at radius 3 is 2.93 bits per heavy atom. The number of hydrogen-bond donors (Lipinski definition) is 3. The molecule has 3 aliphatic rings. The summed E-state index contributed by atoms with van der Waals surface area (Å²) >= 11 is 0. The molecule has 3 atom stereocenters. The molecular weight excluding hydrogens is 382 g/mol. The standard InChI is InChI=1S/C22H21N5O3/c28-20-14-4-1-2-5-16(14)23-22(24-20)8-7-13-11-27(12-15(13)22)21(29)18-10-17(25-26-18)19-6-3-9-30-19/h1-6,9-10,13,15,23H,7-8,11-12H2,(H,24,28)(H,25,26)/t13-,15+,22+/m1/s1. The molecule has 1 saturated carbocycles. The lowest BCUT2D eigenvalue weighted by molar-refractivity contribution is 0.0762. The zero-order chi connectivity index (χ0) is 20.3. The predicted octanol–water partition coefficient (Wildman–Crippen LogP) is 2.70. The van der Waals surface area contributed by atoms with Crippen molar-refractivity contribution in [1.82, 2.24) is 20.4 Å². The van der Waals surface area contributed by atoms with Gasteiger partial charge in [0.05, 0.1) is 11.8 Å². The third-order valence-corrected chi connectivity index (χ3v) is 6.72. The van der Waals surface area contributed by atoms with Crippen molar-refractivity contribution in [2.75, 3.05) is 18.4 Å². The van der Waals surface area contributed by atoms with Crippen LogP contribution in [0.1, 0.15) is 33.7 Å². The molecule has 0 unspecified atom stereocenters. The van der Waals surface area contributed by atoms with Gasteiger partial charge < -0.3 is 20.0 Å². The molecule has 3 aromatic rings. The number of nitrogens with zero attached hydrogens (tertiary/aromatic N) is 2. The summed E-state index contributed by atoms with van der Waals surface area (Å²) in [5, 5.41) is 13.9. The molecule has 30 heavy (non-hydrogen) atoms. The topological polar surface area (TPSA) is 103 Å². The van der Waals surface area contributed by atoms with Crippen LogP contribution in [0.4, 0.5) is 5.69 Å². The number of anilines is 1. The monoisotopic (exact) mass is 403 g/mol. The Kier molecular flexibility index (Phi) is 3.59. The molecule has 2 amide bonds. The van der Waals surface area contributed by atoms with E-state index in [4.69, 9.17) is 4.42 Å². The van der Waals surface area contributed by atoms with Crippen LogP contribution < -0.4 is 10.6 Å². The van der Waals surface area contributed by atoms with Crippen LogP contribution in [0.3, 0.4) is 0 Å². The highest BCUT2D eigenvalue weighted by atomic mass is 16.3. The number of benzene rings is 1. The third-order valence-electron chi connectivity index (χ3n) is 6.72. The van der Waals surface area contributed by atoms with Gasteiger partial charge in [0.1, 0.15) is 17.1 Å². The molecule has 6 rings (SSSR count). The molecule has 152 valence electrons. The Labute approximate surface area is 172 Å². The Morgan fingerprint density at radius 1 is 1.17 bits per heavy atom. The number of carbonyl (C=O) groups is 2. The number of likely N-dealkylation sites (tertiary alicyclic amines) is 1. The van der Waals surface area contributed by atoms with Crippen LogP contribution in [0.25, 0.3) is 11.5 Å². The van der Waals surface area contributed by atoms with E-state index in [0.717, 1.165) is 18.5 Å². The normalized spacial score (nSPS) is 26.9. The van der Waals surface area contributed by atoms with Crippen molar-refractivity contribution in [3.8, 4) is 11.5 Å². The second-order valence-electron chi connectivity index (χ2n) is 8.36. The molecule has 2 fully saturated rings. The second kappa shape index (κ2) is 6.22. The Morgan fingerprint density at radius 2 is 2.07 bits per heavy atom. The summed E-state index contributed by atoms with van der Waals surface area (Å²) in [4.78, 5) is 27.7. The van der Waals surface area contributed by atoms with Crippen LogP contribution in [-0.2, 0) is 0 Å². The maximum atomic E-state index is 13.1. The maximum absolute atomic E-state index is 13.1. The smallest absolute Gasteiger partial charge is 0.271 e. The Balaban J connectivity index is 1.23. The van der Waals surface area contributed by atoms with Crippen molar-refractivity contribution < 1.29 is 14.0 Å². The van der Waals surface area contributed by atoms with E-state index in [9.17, 15) is 9.59 Å². The van der Waals surface area contributed by atoms with Crippen molar-refractivity contribution in [1.29, 1.82) is 0 Å². The number of furan rings is 1. The van der Waals surface area contributed by atoms with Gasteiger partial charge in [0.25, 0.3) is 11.8 Å². The van der Waals surface area contributed by atoms with Gasteiger partial charge in [-0.15, -0.1) is 0 Å². The molecule has 0 radical (unpaired) electrons. The fraction of sp³-hybridized carbons (Fsp3) is 0.318. The SMILES string of the molecule is O=C1N[C@]2(CC[C@@H]3CN(C(=O)c4cc(-c5ccco5)n[nH]4)C[C@@H]32)Nc2ccccc21. The number of rotatable bonds is 2. The number of amides is 2. The molecule has 1 spiro atoms. The number of hydrogen-bond acceptors (Lipinski definition) is 5. The van der Waals surface area contributed by atoms with Gasteiger partial charge in [-0.1, -0.05) is 12.1 Å². The van der Waals surface area contributed by atoms with Crippen LogP contribution in [-0.4, -0.2) is 45.7 Å². The first kappa shape index (κ1) is 17.3. The number of H-pyrrole nitrogens is 1. The maximum Gasteiger partial charge on any atom is 0.271 e. The number of fused-ring (bicyclic) bond motifs is 3. The zero-order valence-corrected chi connectivity index (χ0v) is 16.2. The van der Waals surface area contributed by atoms with Crippen molar-refractivity contribution in [2.45, 2.75) is 18.5 Å². The average molecular weight is 403 g/mol. The molecule has 1 aliphatic carbocycles. The molecule has 2 aliphatic heterocycles.